The largest absolute Gasteiger partial charge is 0.490 e. The summed E-state index contributed by atoms with van der Waals surface area (Å²) in [4.78, 5) is 0. The number of rotatable bonds is 6. The van der Waals surface area contributed by atoms with Gasteiger partial charge in [-0.3, -0.25) is 0 Å². The molecule has 1 aliphatic heterocycles. The molecule has 5 nitrogen and oxygen atoms in total. The third-order valence-electron chi connectivity index (χ3n) is 5.49. The highest BCUT2D eigenvalue weighted by molar-refractivity contribution is 9.10. The molecule has 32 heavy (non-hydrogen) atoms. The molecule has 0 bridgehead atoms. The number of ether oxygens (including phenoxy) is 2. The van der Waals surface area contributed by atoms with Crippen LogP contribution in [-0.4, -0.2) is 16.4 Å². The van der Waals surface area contributed by atoms with Gasteiger partial charge in [0.1, 0.15) is 12.8 Å². The monoisotopic (exact) mass is 489 g/mol. The van der Waals surface area contributed by atoms with E-state index in [1.54, 1.807) is 0 Å². The Morgan fingerprint density at radius 1 is 0.969 bits per heavy atom. The first-order valence-corrected chi connectivity index (χ1v) is 11.5. The molecule has 5 rings (SSSR count). The third-order valence-corrected chi connectivity index (χ3v) is 6.02. The van der Waals surface area contributed by atoms with Crippen LogP contribution in [0.4, 0.5) is 5.69 Å². The van der Waals surface area contributed by atoms with Crippen molar-refractivity contribution in [1.82, 2.24) is 9.78 Å². The minimum atomic E-state index is -0.131. The first-order chi connectivity index (χ1) is 15.6. The quantitative estimate of drug-likeness (QED) is 0.332. The second-order valence-corrected chi connectivity index (χ2v) is 8.68. The van der Waals surface area contributed by atoms with Gasteiger partial charge in [0.2, 0.25) is 0 Å². The molecule has 0 saturated carbocycles. The van der Waals surface area contributed by atoms with Crippen molar-refractivity contribution in [3.8, 4) is 22.8 Å². The van der Waals surface area contributed by atoms with E-state index in [1.165, 1.54) is 0 Å². The van der Waals surface area contributed by atoms with E-state index >= 15 is 0 Å². The maximum Gasteiger partial charge on any atom is 0.161 e. The number of aromatic nitrogens is 2. The summed E-state index contributed by atoms with van der Waals surface area (Å²) in [6.45, 7) is 5.04. The van der Waals surface area contributed by atoms with E-state index in [9.17, 15) is 0 Å². The van der Waals surface area contributed by atoms with Crippen molar-refractivity contribution < 1.29 is 9.47 Å². The number of halogens is 1. The molecule has 3 aromatic carbocycles. The Balaban J connectivity index is 1.46. The van der Waals surface area contributed by atoms with Crippen molar-refractivity contribution in [3.63, 3.8) is 0 Å². The van der Waals surface area contributed by atoms with Crippen molar-refractivity contribution >= 4 is 21.6 Å². The summed E-state index contributed by atoms with van der Waals surface area (Å²) < 4.78 is 15.2. The molecule has 1 aromatic heterocycles. The zero-order valence-electron chi connectivity index (χ0n) is 18.0. The van der Waals surface area contributed by atoms with Crippen LogP contribution in [0.15, 0.2) is 77.3 Å². The predicted molar refractivity (Wildman–Crippen MR) is 130 cm³/mol. The molecule has 1 unspecified atom stereocenters. The van der Waals surface area contributed by atoms with Gasteiger partial charge in [-0.15, -0.1) is 0 Å². The normalized spacial score (nSPS) is 14.3. The molecule has 0 aliphatic carbocycles. The van der Waals surface area contributed by atoms with Crippen LogP contribution in [0.5, 0.6) is 11.5 Å². The molecule has 6 heteroatoms. The number of aryl methyl sites for hydroxylation is 1. The second-order valence-electron chi connectivity index (χ2n) is 7.76. The van der Waals surface area contributed by atoms with Gasteiger partial charge >= 0.3 is 0 Å². The lowest BCUT2D eigenvalue weighted by molar-refractivity contribution is 0.269. The lowest BCUT2D eigenvalue weighted by Gasteiger charge is -2.29. The van der Waals surface area contributed by atoms with Crippen LogP contribution >= 0.6 is 15.9 Å². The number of para-hydroxylation sites is 1. The highest BCUT2D eigenvalue weighted by Crippen LogP contribution is 2.40. The van der Waals surface area contributed by atoms with E-state index in [2.05, 4.69) is 51.6 Å². The fraction of sp³-hybridized carbons (Fsp3) is 0.192. The molecule has 4 aromatic rings. The average Bonchev–Trinajstić information content (AvgIpc) is 3.20. The third kappa shape index (κ3) is 3.98. The van der Waals surface area contributed by atoms with Gasteiger partial charge in [0, 0.05) is 21.3 Å². The standard InChI is InChI=1S/C26H24BrN3O2/c1-3-31-25-15-19(10-13-24(25)32-16-18-8-11-20(27)12-9-18)26-28-22-7-5-4-6-21(22)23-14-17(2)29-30(23)26/h4-15,26,28H,3,16H2,1-2H3. The summed E-state index contributed by atoms with van der Waals surface area (Å²) in [7, 11) is 0. The van der Waals surface area contributed by atoms with E-state index in [4.69, 9.17) is 14.6 Å². The van der Waals surface area contributed by atoms with Crippen LogP contribution in [0.3, 0.4) is 0 Å². The number of anilines is 1. The molecule has 2 heterocycles. The zero-order chi connectivity index (χ0) is 22.1. The summed E-state index contributed by atoms with van der Waals surface area (Å²) in [5, 5.41) is 8.40. The van der Waals surface area contributed by atoms with Crippen molar-refractivity contribution in [2.24, 2.45) is 0 Å². The van der Waals surface area contributed by atoms with Crippen LogP contribution in [0.1, 0.15) is 29.9 Å². The smallest absolute Gasteiger partial charge is 0.161 e. The van der Waals surface area contributed by atoms with Gasteiger partial charge < -0.3 is 14.8 Å². The maximum atomic E-state index is 6.10. The summed E-state index contributed by atoms with van der Waals surface area (Å²) in [5.74, 6) is 1.46. The van der Waals surface area contributed by atoms with Crippen molar-refractivity contribution in [2.75, 3.05) is 11.9 Å². The number of benzene rings is 3. The van der Waals surface area contributed by atoms with Gasteiger partial charge in [-0.25, -0.2) is 4.68 Å². The molecular formula is C26H24BrN3O2. The molecular weight excluding hydrogens is 466 g/mol. The Morgan fingerprint density at radius 3 is 2.59 bits per heavy atom. The summed E-state index contributed by atoms with van der Waals surface area (Å²) in [6, 6.07) is 24.7. The van der Waals surface area contributed by atoms with E-state index in [0.717, 1.165) is 49.7 Å². The highest BCUT2D eigenvalue weighted by Gasteiger charge is 2.27. The van der Waals surface area contributed by atoms with Gasteiger partial charge in [0.25, 0.3) is 0 Å². The van der Waals surface area contributed by atoms with Crippen molar-refractivity contribution in [2.45, 2.75) is 26.6 Å². The van der Waals surface area contributed by atoms with Crippen LogP contribution in [0, 0.1) is 6.92 Å². The molecule has 0 spiro atoms. The van der Waals surface area contributed by atoms with E-state index < -0.39 is 0 Å². The topological polar surface area (TPSA) is 48.3 Å². The van der Waals surface area contributed by atoms with Crippen LogP contribution in [0.2, 0.25) is 0 Å². The fourth-order valence-corrected chi connectivity index (χ4v) is 4.27. The summed E-state index contributed by atoms with van der Waals surface area (Å²) in [5.41, 5.74) is 6.51. The van der Waals surface area contributed by atoms with Gasteiger partial charge in [0.05, 0.1) is 18.0 Å². The Morgan fingerprint density at radius 2 is 1.78 bits per heavy atom. The van der Waals surface area contributed by atoms with Crippen LogP contribution in [-0.2, 0) is 6.61 Å². The Hall–Kier alpha value is -3.25. The van der Waals surface area contributed by atoms with Gasteiger partial charge in [-0.2, -0.15) is 5.10 Å². The fourth-order valence-electron chi connectivity index (χ4n) is 4.00. The summed E-state index contributed by atoms with van der Waals surface area (Å²) in [6.07, 6.45) is -0.131. The maximum absolute atomic E-state index is 6.10. The number of nitrogens with one attached hydrogen (secondary N) is 1. The molecule has 1 atom stereocenters. The highest BCUT2D eigenvalue weighted by atomic mass is 79.9. The number of fused-ring (bicyclic) bond motifs is 3. The number of nitrogens with zero attached hydrogens (tertiary/aromatic N) is 2. The van der Waals surface area contributed by atoms with Crippen molar-refractivity contribution in [1.29, 1.82) is 0 Å². The molecule has 0 amide bonds. The Bertz CT molecular complexity index is 1250. The van der Waals surface area contributed by atoms with E-state index in [1.807, 2.05) is 61.0 Å². The molecule has 162 valence electrons. The number of hydrogen-bond donors (Lipinski definition) is 1. The van der Waals surface area contributed by atoms with E-state index in [-0.39, 0.29) is 6.17 Å². The minimum Gasteiger partial charge on any atom is -0.490 e. The van der Waals surface area contributed by atoms with Gasteiger partial charge in [0.15, 0.2) is 11.5 Å². The minimum absolute atomic E-state index is 0.131. The first-order valence-electron chi connectivity index (χ1n) is 10.7. The van der Waals surface area contributed by atoms with Crippen molar-refractivity contribution in [3.05, 3.63) is 94.1 Å². The average molecular weight is 490 g/mol. The predicted octanol–water partition coefficient (Wildman–Crippen LogP) is 6.57. The zero-order valence-corrected chi connectivity index (χ0v) is 19.6. The summed E-state index contributed by atoms with van der Waals surface area (Å²) >= 11 is 3.47. The lowest BCUT2D eigenvalue weighted by atomic mass is 10.0. The molecule has 0 saturated heterocycles. The molecule has 1 N–H and O–H groups in total. The molecule has 1 aliphatic rings. The number of hydrogen-bond acceptors (Lipinski definition) is 4. The van der Waals surface area contributed by atoms with Gasteiger partial charge in [-0.05, 0) is 55.8 Å². The molecule has 0 radical (unpaired) electrons. The van der Waals surface area contributed by atoms with E-state index in [0.29, 0.717) is 13.2 Å². The lowest BCUT2D eigenvalue weighted by Crippen LogP contribution is -2.25. The Labute approximate surface area is 196 Å². The van der Waals surface area contributed by atoms with Crippen LogP contribution < -0.4 is 14.8 Å². The molecule has 0 fully saturated rings. The first kappa shape index (κ1) is 20.6. The Kier molecular flexibility index (Phi) is 5.62. The SMILES string of the molecule is CCOc1cc(C2Nc3ccccc3-c3cc(C)nn32)ccc1OCc1ccc(Br)cc1. The second kappa shape index (κ2) is 8.71. The van der Waals surface area contributed by atoms with Crippen LogP contribution in [0.25, 0.3) is 11.3 Å². The van der Waals surface area contributed by atoms with Gasteiger partial charge in [-0.1, -0.05) is 52.3 Å².